The first-order valence-corrected chi connectivity index (χ1v) is 18.1. The predicted molar refractivity (Wildman–Crippen MR) is 222 cm³/mol. The summed E-state index contributed by atoms with van der Waals surface area (Å²) in [6, 6.07) is 75.3. The third-order valence-corrected chi connectivity index (χ3v) is 9.54. The SMILES string of the molecule is c1ccc(-c2ccc(-c3ccc(N(c4ccccc4)c4ccc(N(c5ccccc5)c5ccc(-c6ccc(-c7ccccc7)o6)cc5)cc4)cc3)o2)cc1. The summed E-state index contributed by atoms with van der Waals surface area (Å²) >= 11 is 0. The lowest BCUT2D eigenvalue weighted by Crippen LogP contribution is -2.12. The maximum absolute atomic E-state index is 6.26. The highest BCUT2D eigenvalue weighted by atomic mass is 16.3. The summed E-state index contributed by atoms with van der Waals surface area (Å²) in [6.45, 7) is 0. The molecule has 54 heavy (non-hydrogen) atoms. The summed E-state index contributed by atoms with van der Waals surface area (Å²) in [5.41, 5.74) is 10.5. The van der Waals surface area contributed by atoms with Gasteiger partial charge in [-0.25, -0.2) is 0 Å². The summed E-state index contributed by atoms with van der Waals surface area (Å²) in [5.74, 6) is 3.39. The zero-order valence-corrected chi connectivity index (χ0v) is 29.5. The predicted octanol–water partition coefficient (Wildman–Crippen LogP) is 14.5. The molecule has 0 aliphatic carbocycles. The topological polar surface area (TPSA) is 32.8 Å². The lowest BCUT2D eigenvalue weighted by molar-refractivity contribution is 0.597. The van der Waals surface area contributed by atoms with Gasteiger partial charge in [-0.2, -0.15) is 0 Å². The molecule has 2 aromatic heterocycles. The van der Waals surface area contributed by atoms with E-state index in [0.717, 1.165) is 79.4 Å². The zero-order valence-electron chi connectivity index (χ0n) is 29.5. The Labute approximate surface area is 315 Å². The minimum atomic E-state index is 0.839. The lowest BCUT2D eigenvalue weighted by atomic mass is 10.1. The van der Waals surface area contributed by atoms with Gasteiger partial charge in [-0.1, -0.05) is 97.1 Å². The van der Waals surface area contributed by atoms with Gasteiger partial charge in [0.1, 0.15) is 23.0 Å². The summed E-state index contributed by atoms with van der Waals surface area (Å²) in [4.78, 5) is 4.56. The van der Waals surface area contributed by atoms with E-state index in [1.165, 1.54) is 0 Å². The number of nitrogens with zero attached hydrogens (tertiary/aromatic N) is 2. The third kappa shape index (κ3) is 6.72. The number of hydrogen-bond acceptors (Lipinski definition) is 4. The van der Waals surface area contributed by atoms with Crippen LogP contribution in [0.3, 0.4) is 0 Å². The largest absolute Gasteiger partial charge is 0.456 e. The molecule has 0 atom stereocenters. The Kier molecular flexibility index (Phi) is 8.90. The van der Waals surface area contributed by atoms with Gasteiger partial charge in [-0.05, 0) is 121 Å². The number of benzene rings is 7. The van der Waals surface area contributed by atoms with Crippen molar-refractivity contribution in [1.29, 1.82) is 0 Å². The highest BCUT2D eigenvalue weighted by molar-refractivity contribution is 5.82. The average molecular weight is 697 g/mol. The van der Waals surface area contributed by atoms with Crippen molar-refractivity contribution in [2.75, 3.05) is 9.80 Å². The van der Waals surface area contributed by atoms with Gasteiger partial charge in [0.2, 0.25) is 0 Å². The first-order valence-electron chi connectivity index (χ1n) is 18.1. The van der Waals surface area contributed by atoms with Crippen LogP contribution < -0.4 is 9.80 Å². The molecular formula is C50H36N2O2. The van der Waals surface area contributed by atoms with E-state index in [9.17, 15) is 0 Å². The molecule has 0 unspecified atom stereocenters. The Morgan fingerprint density at radius 2 is 0.426 bits per heavy atom. The molecule has 0 fully saturated rings. The fourth-order valence-corrected chi connectivity index (χ4v) is 6.85. The third-order valence-electron chi connectivity index (χ3n) is 9.54. The van der Waals surface area contributed by atoms with Crippen LogP contribution in [0.5, 0.6) is 0 Å². The Hall–Kier alpha value is -7.30. The van der Waals surface area contributed by atoms with Gasteiger partial charge in [-0.15, -0.1) is 0 Å². The minimum absolute atomic E-state index is 0.839. The van der Waals surface area contributed by atoms with E-state index in [1.807, 2.05) is 72.8 Å². The molecule has 0 spiro atoms. The number of rotatable bonds is 10. The number of hydrogen-bond donors (Lipinski definition) is 0. The second-order valence-corrected chi connectivity index (χ2v) is 13.0. The van der Waals surface area contributed by atoms with Crippen molar-refractivity contribution in [3.05, 3.63) is 218 Å². The van der Waals surface area contributed by atoms with Crippen LogP contribution in [0.4, 0.5) is 34.1 Å². The second kappa shape index (κ2) is 14.7. The Bertz CT molecular complexity index is 2380. The molecule has 2 heterocycles. The van der Waals surface area contributed by atoms with Gasteiger partial charge in [0, 0.05) is 56.4 Å². The molecule has 9 rings (SSSR count). The molecule has 0 saturated heterocycles. The second-order valence-electron chi connectivity index (χ2n) is 13.0. The molecule has 4 nitrogen and oxygen atoms in total. The maximum Gasteiger partial charge on any atom is 0.134 e. The van der Waals surface area contributed by atoms with E-state index in [-0.39, 0.29) is 0 Å². The van der Waals surface area contributed by atoms with Crippen LogP contribution in [0.15, 0.2) is 227 Å². The summed E-state index contributed by atoms with van der Waals surface area (Å²) in [5, 5.41) is 0. The Morgan fingerprint density at radius 1 is 0.204 bits per heavy atom. The van der Waals surface area contributed by atoms with E-state index in [1.54, 1.807) is 0 Å². The van der Waals surface area contributed by atoms with Crippen molar-refractivity contribution >= 4 is 34.1 Å². The molecule has 0 aliphatic rings. The van der Waals surface area contributed by atoms with E-state index in [0.29, 0.717) is 0 Å². The van der Waals surface area contributed by atoms with Crippen LogP contribution in [0.2, 0.25) is 0 Å². The van der Waals surface area contributed by atoms with Gasteiger partial charge in [-0.3, -0.25) is 0 Å². The molecule has 258 valence electrons. The van der Waals surface area contributed by atoms with E-state index < -0.39 is 0 Å². The van der Waals surface area contributed by atoms with Gasteiger partial charge >= 0.3 is 0 Å². The monoisotopic (exact) mass is 696 g/mol. The van der Waals surface area contributed by atoms with Gasteiger partial charge in [0.05, 0.1) is 0 Å². The molecule has 0 radical (unpaired) electrons. The lowest BCUT2D eigenvalue weighted by Gasteiger charge is -2.28. The van der Waals surface area contributed by atoms with Crippen molar-refractivity contribution < 1.29 is 8.83 Å². The molecule has 0 N–H and O–H groups in total. The van der Waals surface area contributed by atoms with Gasteiger partial charge in [0.15, 0.2) is 0 Å². The maximum atomic E-state index is 6.26. The van der Waals surface area contributed by atoms with Crippen LogP contribution in [-0.2, 0) is 0 Å². The van der Waals surface area contributed by atoms with Crippen molar-refractivity contribution in [3.63, 3.8) is 0 Å². The first kappa shape index (κ1) is 32.6. The number of anilines is 6. The van der Waals surface area contributed by atoms with Crippen molar-refractivity contribution in [3.8, 4) is 45.3 Å². The molecule has 9 aromatic rings. The fourth-order valence-electron chi connectivity index (χ4n) is 6.85. The van der Waals surface area contributed by atoms with Crippen LogP contribution in [-0.4, -0.2) is 0 Å². The minimum Gasteiger partial charge on any atom is -0.456 e. The highest BCUT2D eigenvalue weighted by Crippen LogP contribution is 2.40. The summed E-state index contributed by atoms with van der Waals surface area (Å²) in [6.07, 6.45) is 0. The molecule has 4 heteroatoms. The normalized spacial score (nSPS) is 11.0. The van der Waals surface area contributed by atoms with Crippen LogP contribution in [0.25, 0.3) is 45.3 Å². The van der Waals surface area contributed by atoms with Crippen molar-refractivity contribution in [1.82, 2.24) is 0 Å². The van der Waals surface area contributed by atoms with E-state index in [4.69, 9.17) is 8.83 Å². The fraction of sp³-hybridized carbons (Fsp3) is 0. The summed E-state index contributed by atoms with van der Waals surface area (Å²) < 4.78 is 12.5. The highest BCUT2D eigenvalue weighted by Gasteiger charge is 2.17. The molecule has 0 bridgehead atoms. The quantitative estimate of drug-likeness (QED) is 0.142. The molecular weight excluding hydrogens is 661 g/mol. The smallest absolute Gasteiger partial charge is 0.134 e. The van der Waals surface area contributed by atoms with Gasteiger partial charge in [0.25, 0.3) is 0 Å². The summed E-state index contributed by atoms with van der Waals surface area (Å²) in [7, 11) is 0. The van der Waals surface area contributed by atoms with Crippen molar-refractivity contribution in [2.45, 2.75) is 0 Å². The number of furan rings is 2. The van der Waals surface area contributed by atoms with E-state index in [2.05, 4.69) is 155 Å². The van der Waals surface area contributed by atoms with E-state index >= 15 is 0 Å². The zero-order chi connectivity index (χ0) is 36.1. The molecule has 0 saturated carbocycles. The molecule has 0 aliphatic heterocycles. The molecule has 7 aromatic carbocycles. The Morgan fingerprint density at radius 3 is 0.722 bits per heavy atom. The van der Waals surface area contributed by atoms with Crippen LogP contribution in [0, 0.1) is 0 Å². The van der Waals surface area contributed by atoms with Crippen molar-refractivity contribution in [2.24, 2.45) is 0 Å². The van der Waals surface area contributed by atoms with Gasteiger partial charge < -0.3 is 18.6 Å². The van der Waals surface area contributed by atoms with Crippen LogP contribution in [0.1, 0.15) is 0 Å². The average Bonchev–Trinajstić information content (AvgIpc) is 3.96. The first-order chi connectivity index (χ1) is 26.8. The molecule has 0 amide bonds. The Balaban J connectivity index is 1.01. The van der Waals surface area contributed by atoms with Crippen LogP contribution >= 0.6 is 0 Å². The number of para-hydroxylation sites is 2. The standard InChI is InChI=1S/C50H36N2O2/c1-5-13-37(14-6-1)47-33-35-49(53-47)39-21-25-43(26-22-39)51(41-17-9-3-10-18-41)45-29-31-46(32-30-45)52(42-19-11-4-12-20-42)44-27-23-40(24-28-44)50-36-34-48(54-50)38-15-7-2-8-16-38/h1-36H.